The Balaban J connectivity index is 0. The smallest absolute Gasteiger partial charge is 0.377 e. The molecule has 0 aromatic heterocycles. The number of carbonyl (C=O) groups excluding carboxylic acids is 1. The van der Waals surface area contributed by atoms with Crippen molar-refractivity contribution in [1.29, 1.82) is 0 Å². The van der Waals surface area contributed by atoms with Crippen LogP contribution in [-0.2, 0) is 18.1 Å². The van der Waals surface area contributed by atoms with Crippen LogP contribution in [-0.4, -0.2) is 53.7 Å². The maximum absolute atomic E-state index is 9.76. The van der Waals surface area contributed by atoms with Gasteiger partial charge in [-0.3, -0.25) is 0 Å². The lowest BCUT2D eigenvalue weighted by Crippen LogP contribution is -2.42. The summed E-state index contributed by atoms with van der Waals surface area (Å²) < 4.78 is 15.5. The molecule has 5 nitrogen and oxygen atoms in total. The molecule has 0 aromatic rings. The minimum Gasteiger partial charge on any atom is -0.377 e. The van der Waals surface area contributed by atoms with Crippen molar-refractivity contribution in [3.63, 3.8) is 0 Å². The summed E-state index contributed by atoms with van der Waals surface area (Å²) in [4.78, 5) is 13.2. The second kappa shape index (κ2) is 9.26. The lowest BCUT2D eigenvalue weighted by Gasteiger charge is -2.23. The van der Waals surface area contributed by atoms with Gasteiger partial charge >= 0.3 is 8.80 Å². The fourth-order valence-corrected chi connectivity index (χ4v) is 2.68. The SMILES string of the molecule is CO[Si](CCCN=C=O)(OC)OC.[Si]. The lowest BCUT2D eigenvalue weighted by atomic mass is 10.5. The van der Waals surface area contributed by atoms with Crippen LogP contribution in [0.4, 0.5) is 0 Å². The monoisotopic (exact) mass is 233 g/mol. The standard InChI is InChI=1S/C7H15NO4Si.Si/c1-10-13(11-2,12-3)6-4-5-8-7-9;/h4-6H2,1-3H3;. The number of nitrogens with zero attached hydrogens (tertiary/aromatic N) is 1. The van der Waals surface area contributed by atoms with E-state index in [0.717, 1.165) is 0 Å². The maximum atomic E-state index is 9.76. The molecular weight excluding hydrogens is 218 g/mol. The highest BCUT2D eigenvalue weighted by molar-refractivity contribution is 6.60. The molecule has 0 saturated heterocycles. The molecule has 0 aliphatic carbocycles. The van der Waals surface area contributed by atoms with Gasteiger partial charge < -0.3 is 13.3 Å². The van der Waals surface area contributed by atoms with Crippen molar-refractivity contribution in [3.8, 4) is 0 Å². The average molecular weight is 233 g/mol. The Bertz CT molecular complexity index is 172. The second-order valence-corrected chi connectivity index (χ2v) is 5.46. The Morgan fingerprint density at radius 1 is 1.21 bits per heavy atom. The highest BCUT2D eigenvalue weighted by Crippen LogP contribution is 2.14. The summed E-state index contributed by atoms with van der Waals surface area (Å²) in [6.45, 7) is 0.439. The zero-order valence-corrected chi connectivity index (χ0v) is 10.7. The van der Waals surface area contributed by atoms with Crippen molar-refractivity contribution in [2.24, 2.45) is 4.99 Å². The summed E-state index contributed by atoms with van der Waals surface area (Å²) >= 11 is 0. The molecule has 0 rings (SSSR count). The molecule has 0 atom stereocenters. The molecular formula is C7H15NO4Si2. The first-order valence-electron chi connectivity index (χ1n) is 3.93. The van der Waals surface area contributed by atoms with Gasteiger partial charge in [0.2, 0.25) is 6.08 Å². The molecule has 0 heterocycles. The van der Waals surface area contributed by atoms with Crippen molar-refractivity contribution in [3.05, 3.63) is 0 Å². The first kappa shape index (κ1) is 16.1. The average Bonchev–Trinajstić information content (AvgIpc) is 2.20. The Hall–Kier alpha value is -0.306. The van der Waals surface area contributed by atoms with Crippen LogP contribution in [0.3, 0.4) is 0 Å². The Morgan fingerprint density at radius 3 is 2.07 bits per heavy atom. The van der Waals surface area contributed by atoms with Crippen LogP contribution >= 0.6 is 0 Å². The van der Waals surface area contributed by atoms with Crippen molar-refractivity contribution >= 4 is 25.8 Å². The normalized spacial score (nSPS) is 10.2. The highest BCUT2D eigenvalue weighted by Gasteiger charge is 2.36. The van der Waals surface area contributed by atoms with Crippen molar-refractivity contribution < 1.29 is 18.1 Å². The van der Waals surface area contributed by atoms with E-state index in [1.165, 1.54) is 6.08 Å². The Kier molecular flexibility index (Phi) is 10.7. The van der Waals surface area contributed by atoms with Gasteiger partial charge in [0.15, 0.2) is 0 Å². The fourth-order valence-electron chi connectivity index (χ4n) is 0.976. The van der Waals surface area contributed by atoms with E-state index >= 15 is 0 Å². The molecule has 7 heteroatoms. The summed E-state index contributed by atoms with van der Waals surface area (Å²) in [6, 6.07) is 0.654. The molecule has 0 unspecified atom stereocenters. The van der Waals surface area contributed by atoms with E-state index < -0.39 is 8.80 Å². The van der Waals surface area contributed by atoms with Gasteiger partial charge in [-0.1, -0.05) is 0 Å². The quantitative estimate of drug-likeness (QED) is 0.273. The van der Waals surface area contributed by atoms with Crippen LogP contribution in [0.1, 0.15) is 6.42 Å². The molecule has 0 aromatic carbocycles. The molecule has 80 valence electrons. The van der Waals surface area contributed by atoms with Crippen LogP contribution in [0.2, 0.25) is 6.04 Å². The van der Waals surface area contributed by atoms with Crippen LogP contribution < -0.4 is 0 Å². The van der Waals surface area contributed by atoms with Gasteiger partial charge in [0.25, 0.3) is 0 Å². The predicted octanol–water partition coefficient (Wildman–Crippen LogP) is 0.210. The number of aliphatic imine (C=N–C) groups is 1. The van der Waals surface area contributed by atoms with Crippen molar-refractivity contribution in [2.45, 2.75) is 12.5 Å². The van der Waals surface area contributed by atoms with E-state index in [4.69, 9.17) is 13.3 Å². The van der Waals surface area contributed by atoms with E-state index in [-0.39, 0.29) is 11.0 Å². The van der Waals surface area contributed by atoms with Crippen LogP contribution in [0.5, 0.6) is 0 Å². The summed E-state index contributed by atoms with van der Waals surface area (Å²) in [5.41, 5.74) is 0. The minimum atomic E-state index is -2.46. The Labute approximate surface area is 89.9 Å². The van der Waals surface area contributed by atoms with Crippen LogP contribution in [0, 0.1) is 0 Å². The van der Waals surface area contributed by atoms with E-state index in [2.05, 4.69) is 4.99 Å². The van der Waals surface area contributed by atoms with E-state index in [1.807, 2.05) is 0 Å². The zero-order valence-electron chi connectivity index (χ0n) is 8.70. The summed E-state index contributed by atoms with van der Waals surface area (Å²) in [6.07, 6.45) is 2.18. The van der Waals surface area contributed by atoms with Gasteiger partial charge in [0, 0.05) is 38.3 Å². The number of rotatable bonds is 7. The summed E-state index contributed by atoms with van der Waals surface area (Å²) in [5, 5.41) is 0. The van der Waals surface area contributed by atoms with Gasteiger partial charge in [-0.2, -0.15) is 0 Å². The first-order valence-corrected chi connectivity index (χ1v) is 5.87. The third-order valence-corrected chi connectivity index (χ3v) is 4.58. The molecule has 0 N–H and O–H groups in total. The van der Waals surface area contributed by atoms with Crippen LogP contribution in [0.25, 0.3) is 0 Å². The van der Waals surface area contributed by atoms with Gasteiger partial charge in [0.1, 0.15) is 0 Å². The third kappa shape index (κ3) is 5.43. The molecule has 0 saturated carbocycles. The predicted molar refractivity (Wildman–Crippen MR) is 54.9 cm³/mol. The van der Waals surface area contributed by atoms with Gasteiger partial charge in [-0.25, -0.2) is 9.79 Å². The van der Waals surface area contributed by atoms with Gasteiger partial charge in [-0.05, 0) is 6.42 Å². The number of isocyanates is 1. The summed E-state index contributed by atoms with van der Waals surface area (Å²) in [5.74, 6) is 0. The van der Waals surface area contributed by atoms with E-state index in [0.29, 0.717) is 19.0 Å². The molecule has 14 heavy (non-hydrogen) atoms. The topological polar surface area (TPSA) is 57.1 Å². The lowest BCUT2D eigenvalue weighted by molar-refractivity contribution is 0.123. The molecule has 0 amide bonds. The molecule has 0 aliphatic heterocycles. The minimum absolute atomic E-state index is 0. The first-order chi connectivity index (χ1) is 6.24. The number of hydrogen-bond acceptors (Lipinski definition) is 5. The zero-order chi connectivity index (χ0) is 10.2. The largest absolute Gasteiger partial charge is 0.500 e. The van der Waals surface area contributed by atoms with Gasteiger partial charge in [-0.15, -0.1) is 0 Å². The molecule has 0 aliphatic rings. The number of hydrogen-bond donors (Lipinski definition) is 0. The van der Waals surface area contributed by atoms with Crippen molar-refractivity contribution in [2.75, 3.05) is 27.9 Å². The molecule has 0 bridgehead atoms. The maximum Gasteiger partial charge on any atom is 0.500 e. The second-order valence-electron chi connectivity index (χ2n) is 2.37. The van der Waals surface area contributed by atoms with Crippen LogP contribution in [0.15, 0.2) is 4.99 Å². The van der Waals surface area contributed by atoms with Gasteiger partial charge in [0.05, 0.1) is 6.54 Å². The van der Waals surface area contributed by atoms with E-state index in [1.54, 1.807) is 21.3 Å². The summed E-state index contributed by atoms with van der Waals surface area (Å²) in [7, 11) is 2.22. The highest BCUT2D eigenvalue weighted by atomic mass is 28.4. The van der Waals surface area contributed by atoms with Crippen molar-refractivity contribution in [1.82, 2.24) is 0 Å². The molecule has 4 radical (unpaired) electrons. The van der Waals surface area contributed by atoms with E-state index in [9.17, 15) is 4.79 Å². The fraction of sp³-hybridized carbons (Fsp3) is 0.857. The Morgan fingerprint density at radius 2 is 1.71 bits per heavy atom. The third-order valence-electron chi connectivity index (χ3n) is 1.75. The molecule has 0 fully saturated rings. The molecule has 0 spiro atoms.